The van der Waals surface area contributed by atoms with Crippen molar-refractivity contribution in [3.8, 4) is 5.75 Å². The largest absolute Gasteiger partial charge is 0.508 e. The number of phenols is 1. The van der Waals surface area contributed by atoms with Gasteiger partial charge in [0.1, 0.15) is 23.4 Å². The molecule has 0 bridgehead atoms. The fraction of sp³-hybridized carbons (Fsp3) is 0.643. The molecule has 0 radical (unpaired) electrons. The number of ether oxygens (including phenoxy) is 1. The molecule has 0 aliphatic carbocycles. The van der Waals surface area contributed by atoms with Gasteiger partial charge in [0.2, 0.25) is 17.7 Å². The smallest absolute Gasteiger partial charge is 0.408 e. The zero-order valence-corrected chi connectivity index (χ0v) is 23.5. The summed E-state index contributed by atoms with van der Waals surface area (Å²) in [6.07, 6.45) is 4.63. The van der Waals surface area contributed by atoms with Crippen molar-refractivity contribution in [1.82, 2.24) is 15.5 Å². The van der Waals surface area contributed by atoms with Crippen LogP contribution < -0.4 is 16.4 Å². The Kier molecular flexibility index (Phi) is 14.2. The molecule has 0 aromatic heterocycles. The van der Waals surface area contributed by atoms with E-state index in [-0.39, 0.29) is 17.9 Å². The highest BCUT2D eigenvalue weighted by molar-refractivity contribution is 5.94. The Morgan fingerprint density at radius 1 is 1.00 bits per heavy atom. The maximum Gasteiger partial charge on any atom is 0.408 e. The molecule has 38 heavy (non-hydrogen) atoms. The molecule has 10 heteroatoms. The van der Waals surface area contributed by atoms with Crippen molar-refractivity contribution in [2.45, 2.75) is 104 Å². The molecule has 1 aromatic carbocycles. The Balaban J connectivity index is 3.45. The quantitative estimate of drug-likeness (QED) is 0.236. The van der Waals surface area contributed by atoms with Crippen LogP contribution in [0.1, 0.15) is 97.6 Å². The molecule has 0 saturated heterocycles. The molecule has 0 saturated carbocycles. The minimum absolute atomic E-state index is 0.140. The zero-order chi connectivity index (χ0) is 28.7. The zero-order valence-electron chi connectivity index (χ0n) is 23.5. The Hall–Kier alpha value is -3.30. The third kappa shape index (κ3) is 11.8. The number of carbonyl (C=O) groups is 4. The van der Waals surface area contributed by atoms with Crippen LogP contribution in [0.15, 0.2) is 24.3 Å². The first-order valence-corrected chi connectivity index (χ1v) is 13.5. The fourth-order valence-corrected chi connectivity index (χ4v) is 3.98. The van der Waals surface area contributed by atoms with Gasteiger partial charge in [0.25, 0.3) is 0 Å². The van der Waals surface area contributed by atoms with Crippen molar-refractivity contribution in [2.75, 3.05) is 13.1 Å². The lowest BCUT2D eigenvalue weighted by molar-refractivity contribution is -0.143. The molecule has 5 N–H and O–H groups in total. The number of unbranched alkanes of at least 4 members (excludes halogenated alkanes) is 5. The van der Waals surface area contributed by atoms with E-state index >= 15 is 0 Å². The number of amides is 4. The average molecular weight is 535 g/mol. The van der Waals surface area contributed by atoms with Crippen LogP contribution in [0, 0.1) is 0 Å². The second kappa shape index (κ2) is 16.5. The molecular formula is C28H46N4O6. The van der Waals surface area contributed by atoms with Crippen molar-refractivity contribution < 1.29 is 29.0 Å². The first-order valence-electron chi connectivity index (χ1n) is 13.5. The number of primary amides is 1. The normalized spacial score (nSPS) is 12.8. The third-order valence-corrected chi connectivity index (χ3v) is 5.80. The van der Waals surface area contributed by atoms with Gasteiger partial charge >= 0.3 is 6.09 Å². The highest BCUT2D eigenvalue weighted by atomic mass is 16.6. The van der Waals surface area contributed by atoms with Crippen molar-refractivity contribution in [3.63, 3.8) is 0 Å². The van der Waals surface area contributed by atoms with E-state index in [1.165, 1.54) is 11.0 Å². The summed E-state index contributed by atoms with van der Waals surface area (Å²) in [6, 6.07) is 3.81. The van der Waals surface area contributed by atoms with Crippen LogP contribution in [0.4, 0.5) is 4.79 Å². The minimum atomic E-state index is -1.35. The molecule has 1 aromatic rings. The summed E-state index contributed by atoms with van der Waals surface area (Å²) < 4.78 is 5.29. The summed E-state index contributed by atoms with van der Waals surface area (Å²) >= 11 is 0. The van der Waals surface area contributed by atoms with Gasteiger partial charge in [0.05, 0.1) is 6.42 Å². The predicted molar refractivity (Wildman–Crippen MR) is 146 cm³/mol. The van der Waals surface area contributed by atoms with E-state index in [1.54, 1.807) is 39.0 Å². The summed E-state index contributed by atoms with van der Waals surface area (Å²) in [5, 5.41) is 16.0. The van der Waals surface area contributed by atoms with Gasteiger partial charge in [-0.1, -0.05) is 64.2 Å². The van der Waals surface area contributed by atoms with E-state index in [2.05, 4.69) is 24.5 Å². The number of benzene rings is 1. The monoisotopic (exact) mass is 534 g/mol. The number of hydrogen-bond acceptors (Lipinski definition) is 6. The maximum absolute atomic E-state index is 13.9. The molecule has 10 nitrogen and oxygen atoms in total. The Morgan fingerprint density at radius 3 is 2.21 bits per heavy atom. The summed E-state index contributed by atoms with van der Waals surface area (Å²) in [4.78, 5) is 53.2. The number of nitrogens with one attached hydrogen (secondary N) is 2. The molecule has 0 heterocycles. The first-order chi connectivity index (χ1) is 17.9. The molecule has 214 valence electrons. The summed E-state index contributed by atoms with van der Waals surface area (Å²) in [6.45, 7) is 9.73. The van der Waals surface area contributed by atoms with Gasteiger partial charge in [-0.2, -0.15) is 0 Å². The van der Waals surface area contributed by atoms with E-state index in [9.17, 15) is 24.3 Å². The maximum atomic E-state index is 13.9. The number of alkyl carbamates (subject to hydrolysis) is 1. The summed E-state index contributed by atoms with van der Waals surface area (Å²) in [5.41, 5.74) is 4.84. The van der Waals surface area contributed by atoms with Crippen molar-refractivity contribution in [1.29, 1.82) is 0 Å². The van der Waals surface area contributed by atoms with E-state index in [4.69, 9.17) is 10.5 Å². The lowest BCUT2D eigenvalue weighted by Gasteiger charge is -2.34. The topological polar surface area (TPSA) is 151 Å². The van der Waals surface area contributed by atoms with Gasteiger partial charge in [0.15, 0.2) is 0 Å². The second-order valence-corrected chi connectivity index (χ2v) is 10.4. The van der Waals surface area contributed by atoms with Crippen molar-refractivity contribution in [3.05, 3.63) is 29.8 Å². The summed E-state index contributed by atoms with van der Waals surface area (Å²) in [7, 11) is 0. The number of hydrogen-bond donors (Lipinski definition) is 4. The number of phenolic OH excluding ortho intramolecular Hbond substituents is 1. The number of nitrogens with zero attached hydrogens (tertiary/aromatic N) is 1. The number of rotatable bonds is 16. The Bertz CT molecular complexity index is 915. The second-order valence-electron chi connectivity index (χ2n) is 10.4. The van der Waals surface area contributed by atoms with Crippen LogP contribution in [-0.4, -0.2) is 58.6 Å². The molecular weight excluding hydrogens is 488 g/mol. The SMILES string of the molecule is CCCCCCN(C(=O)C(CC(N)=O)NC(=O)OC(C)(C)C)C(C(=O)NCCCCC)c1ccccc1O. The molecule has 4 amide bonds. The summed E-state index contributed by atoms with van der Waals surface area (Å²) in [5.74, 6) is -2.06. The predicted octanol–water partition coefficient (Wildman–Crippen LogP) is 3.92. The van der Waals surface area contributed by atoms with E-state index in [0.717, 1.165) is 38.5 Å². The van der Waals surface area contributed by atoms with Crippen LogP contribution in [0.5, 0.6) is 5.75 Å². The molecule has 0 aliphatic rings. The van der Waals surface area contributed by atoms with Crippen molar-refractivity contribution in [2.24, 2.45) is 5.73 Å². The Morgan fingerprint density at radius 2 is 1.63 bits per heavy atom. The fourth-order valence-electron chi connectivity index (χ4n) is 3.98. The molecule has 2 atom stereocenters. The highest BCUT2D eigenvalue weighted by Gasteiger charge is 2.37. The van der Waals surface area contributed by atoms with Gasteiger partial charge in [-0.25, -0.2) is 4.79 Å². The average Bonchev–Trinajstić information content (AvgIpc) is 2.82. The van der Waals surface area contributed by atoms with E-state index < -0.39 is 47.9 Å². The van der Waals surface area contributed by atoms with Gasteiger partial charge in [0, 0.05) is 18.7 Å². The standard InChI is InChI=1S/C28H46N4O6/c1-6-8-10-14-18-32(26(36)21(19-23(29)34)31-27(37)38-28(3,4)5)24(20-15-11-12-16-22(20)33)25(35)30-17-13-9-7-2/h11-12,15-16,21,24,33H,6-10,13-14,17-19H2,1-5H3,(H2,29,34)(H,30,35)(H,31,37). The molecule has 2 unspecified atom stereocenters. The van der Waals surface area contributed by atoms with Crippen LogP contribution in [-0.2, 0) is 19.1 Å². The van der Waals surface area contributed by atoms with Crippen LogP contribution >= 0.6 is 0 Å². The molecule has 0 spiro atoms. The minimum Gasteiger partial charge on any atom is -0.508 e. The number of nitrogens with two attached hydrogens (primary N) is 1. The van der Waals surface area contributed by atoms with E-state index in [0.29, 0.717) is 13.0 Å². The lowest BCUT2D eigenvalue weighted by atomic mass is 10.00. The van der Waals surface area contributed by atoms with Gasteiger partial charge < -0.3 is 31.1 Å². The van der Waals surface area contributed by atoms with Crippen LogP contribution in [0.3, 0.4) is 0 Å². The van der Waals surface area contributed by atoms with Gasteiger partial charge in [-0.05, 0) is 39.7 Å². The van der Waals surface area contributed by atoms with E-state index in [1.807, 2.05) is 0 Å². The Labute approximate surface area is 226 Å². The number of para-hydroxylation sites is 1. The van der Waals surface area contributed by atoms with Crippen LogP contribution in [0.25, 0.3) is 0 Å². The van der Waals surface area contributed by atoms with Crippen molar-refractivity contribution >= 4 is 23.8 Å². The van der Waals surface area contributed by atoms with Crippen LogP contribution in [0.2, 0.25) is 0 Å². The highest BCUT2D eigenvalue weighted by Crippen LogP contribution is 2.30. The van der Waals surface area contributed by atoms with Gasteiger partial charge in [-0.3, -0.25) is 14.4 Å². The number of carbonyl (C=O) groups excluding carboxylic acids is 4. The molecule has 0 aliphatic heterocycles. The third-order valence-electron chi connectivity index (χ3n) is 5.80. The molecule has 1 rings (SSSR count). The lowest BCUT2D eigenvalue weighted by Crippen LogP contribution is -2.54. The first kappa shape index (κ1) is 32.7. The molecule has 0 fully saturated rings. The van der Waals surface area contributed by atoms with Gasteiger partial charge in [-0.15, -0.1) is 0 Å². The number of aromatic hydroxyl groups is 1.